The Kier molecular flexibility index (Phi) is 3.62. The van der Waals surface area contributed by atoms with Gasteiger partial charge in [0.1, 0.15) is 5.75 Å². The fourth-order valence-electron chi connectivity index (χ4n) is 0.976. The fourth-order valence-corrected chi connectivity index (χ4v) is 0.976. The van der Waals surface area contributed by atoms with E-state index in [1.54, 1.807) is 18.2 Å². The third kappa shape index (κ3) is 2.87. The molecule has 0 spiro atoms. The van der Waals surface area contributed by atoms with Crippen LogP contribution in [-0.4, -0.2) is 13.2 Å². The summed E-state index contributed by atoms with van der Waals surface area (Å²) in [5, 5.41) is 0. The Bertz CT molecular complexity index is 344. The number of hydrogen-bond donors (Lipinski definition) is 2. The number of anilines is 2. The highest BCUT2D eigenvalue weighted by Crippen LogP contribution is 2.21. The quantitative estimate of drug-likeness (QED) is 0.431. The van der Waals surface area contributed by atoms with Crippen LogP contribution in [0.1, 0.15) is 6.42 Å². The van der Waals surface area contributed by atoms with Gasteiger partial charge in [-0.05, 0) is 12.1 Å². The van der Waals surface area contributed by atoms with Crippen LogP contribution < -0.4 is 16.2 Å². The van der Waals surface area contributed by atoms with Crippen LogP contribution in [0.15, 0.2) is 18.2 Å². The van der Waals surface area contributed by atoms with Crippen molar-refractivity contribution >= 4 is 11.4 Å². The molecule has 1 aromatic rings. The standard InChI is InChI=1S/C10H13N3O/c1-13-5-2-6-14-8-3-4-9(11)10(12)7-8/h3-4,7H,2,5-6,11-12H2. The minimum atomic E-state index is 0.491. The van der Waals surface area contributed by atoms with E-state index in [0.717, 1.165) is 6.42 Å². The average Bonchev–Trinajstić information content (AvgIpc) is 2.18. The minimum absolute atomic E-state index is 0.491. The molecule has 0 heterocycles. The van der Waals surface area contributed by atoms with Gasteiger partial charge in [0.25, 0.3) is 0 Å². The van der Waals surface area contributed by atoms with Gasteiger partial charge >= 0.3 is 0 Å². The van der Waals surface area contributed by atoms with Gasteiger partial charge in [0.2, 0.25) is 6.54 Å². The monoisotopic (exact) mass is 191 g/mol. The van der Waals surface area contributed by atoms with Gasteiger partial charge in [-0.1, -0.05) is 0 Å². The largest absolute Gasteiger partial charge is 0.493 e. The summed E-state index contributed by atoms with van der Waals surface area (Å²) in [5.41, 5.74) is 12.2. The molecule has 0 bridgehead atoms. The molecule has 0 aliphatic carbocycles. The number of ether oxygens (including phenoxy) is 1. The van der Waals surface area contributed by atoms with Gasteiger partial charge in [-0.25, -0.2) is 6.57 Å². The number of nitrogens with zero attached hydrogens (tertiary/aromatic N) is 1. The number of hydrogen-bond acceptors (Lipinski definition) is 3. The molecule has 0 saturated carbocycles. The highest BCUT2D eigenvalue weighted by atomic mass is 16.5. The predicted octanol–water partition coefficient (Wildman–Crippen LogP) is 1.54. The summed E-state index contributed by atoms with van der Waals surface area (Å²) in [6, 6.07) is 5.16. The zero-order chi connectivity index (χ0) is 10.4. The van der Waals surface area contributed by atoms with Gasteiger partial charge in [0.05, 0.1) is 24.4 Å². The van der Waals surface area contributed by atoms with Crippen molar-refractivity contribution < 1.29 is 4.74 Å². The molecule has 4 N–H and O–H groups in total. The average molecular weight is 191 g/mol. The van der Waals surface area contributed by atoms with Gasteiger partial charge in [-0.3, -0.25) is 0 Å². The van der Waals surface area contributed by atoms with Crippen molar-refractivity contribution in [1.29, 1.82) is 0 Å². The van der Waals surface area contributed by atoms with Crippen molar-refractivity contribution in [1.82, 2.24) is 0 Å². The van der Waals surface area contributed by atoms with E-state index in [0.29, 0.717) is 30.3 Å². The molecule has 0 aliphatic heterocycles. The van der Waals surface area contributed by atoms with Crippen LogP contribution in [0.25, 0.3) is 4.85 Å². The van der Waals surface area contributed by atoms with Crippen LogP contribution in [0.4, 0.5) is 11.4 Å². The molecule has 4 nitrogen and oxygen atoms in total. The number of nitrogens with two attached hydrogens (primary N) is 2. The number of nitrogen functional groups attached to an aromatic ring is 2. The predicted molar refractivity (Wildman–Crippen MR) is 56.8 cm³/mol. The van der Waals surface area contributed by atoms with E-state index in [2.05, 4.69) is 4.85 Å². The molecule has 14 heavy (non-hydrogen) atoms. The normalized spacial score (nSPS) is 9.36. The first-order valence-electron chi connectivity index (χ1n) is 4.35. The summed E-state index contributed by atoms with van der Waals surface area (Å²) in [4.78, 5) is 3.22. The molecule has 0 saturated heterocycles. The van der Waals surface area contributed by atoms with E-state index < -0.39 is 0 Å². The Morgan fingerprint density at radius 2 is 2.07 bits per heavy atom. The molecule has 0 fully saturated rings. The van der Waals surface area contributed by atoms with E-state index in [1.165, 1.54) is 0 Å². The smallest absolute Gasteiger partial charge is 0.217 e. The van der Waals surface area contributed by atoms with Crippen LogP contribution >= 0.6 is 0 Å². The lowest BCUT2D eigenvalue weighted by Gasteiger charge is -2.06. The van der Waals surface area contributed by atoms with Crippen molar-refractivity contribution in [3.63, 3.8) is 0 Å². The Hall–Kier alpha value is -1.89. The molecule has 0 aliphatic rings. The van der Waals surface area contributed by atoms with Crippen LogP contribution in [0.5, 0.6) is 5.75 Å². The van der Waals surface area contributed by atoms with Crippen molar-refractivity contribution in [2.45, 2.75) is 6.42 Å². The molecule has 0 radical (unpaired) electrons. The van der Waals surface area contributed by atoms with E-state index in [4.69, 9.17) is 22.8 Å². The Labute approximate surface area is 83.3 Å². The second kappa shape index (κ2) is 4.97. The summed E-state index contributed by atoms with van der Waals surface area (Å²) >= 11 is 0. The topological polar surface area (TPSA) is 65.6 Å². The first kappa shape index (κ1) is 10.2. The fraction of sp³-hybridized carbons (Fsp3) is 0.300. The summed E-state index contributed by atoms with van der Waals surface area (Å²) in [5.74, 6) is 0.696. The van der Waals surface area contributed by atoms with E-state index in [-0.39, 0.29) is 0 Å². The van der Waals surface area contributed by atoms with Crippen LogP contribution in [0.3, 0.4) is 0 Å². The highest BCUT2D eigenvalue weighted by molar-refractivity contribution is 5.65. The van der Waals surface area contributed by atoms with Gasteiger partial charge in [-0.2, -0.15) is 0 Å². The SMILES string of the molecule is [C-]#[N+]CCCOc1ccc(N)c(N)c1. The maximum absolute atomic E-state index is 6.58. The number of rotatable bonds is 4. The summed E-state index contributed by atoms with van der Waals surface area (Å²) in [6.07, 6.45) is 0.730. The third-order valence-electron chi connectivity index (χ3n) is 1.74. The molecule has 0 amide bonds. The van der Waals surface area contributed by atoms with Crippen LogP contribution in [0, 0.1) is 6.57 Å². The zero-order valence-electron chi connectivity index (χ0n) is 7.86. The zero-order valence-corrected chi connectivity index (χ0v) is 7.86. The maximum Gasteiger partial charge on any atom is 0.217 e. The minimum Gasteiger partial charge on any atom is -0.493 e. The first-order chi connectivity index (χ1) is 6.74. The van der Waals surface area contributed by atoms with Crippen molar-refractivity contribution in [2.75, 3.05) is 24.6 Å². The molecule has 0 unspecified atom stereocenters. The summed E-state index contributed by atoms with van der Waals surface area (Å²) in [7, 11) is 0. The number of benzene rings is 1. The van der Waals surface area contributed by atoms with Crippen molar-refractivity contribution in [2.24, 2.45) is 0 Å². The molecule has 1 rings (SSSR count). The van der Waals surface area contributed by atoms with Crippen molar-refractivity contribution in [3.05, 3.63) is 29.6 Å². The highest BCUT2D eigenvalue weighted by Gasteiger charge is 1.98. The van der Waals surface area contributed by atoms with Gasteiger partial charge in [0.15, 0.2) is 0 Å². The van der Waals surface area contributed by atoms with Gasteiger partial charge in [0, 0.05) is 6.07 Å². The molecule has 0 atom stereocenters. The Morgan fingerprint density at radius 3 is 2.71 bits per heavy atom. The molecule has 1 aromatic carbocycles. The summed E-state index contributed by atoms with van der Waals surface area (Å²) < 4.78 is 5.36. The van der Waals surface area contributed by atoms with E-state index in [9.17, 15) is 0 Å². The summed E-state index contributed by atoms with van der Waals surface area (Å²) in [6.45, 7) is 7.60. The molecular weight excluding hydrogens is 178 g/mol. The van der Waals surface area contributed by atoms with E-state index >= 15 is 0 Å². The Balaban J connectivity index is 2.44. The lowest BCUT2D eigenvalue weighted by Crippen LogP contribution is -2.00. The van der Waals surface area contributed by atoms with E-state index in [1.807, 2.05) is 0 Å². The maximum atomic E-state index is 6.58. The molecule has 0 aromatic heterocycles. The van der Waals surface area contributed by atoms with Crippen LogP contribution in [0.2, 0.25) is 0 Å². The molecular formula is C10H13N3O. The second-order valence-electron chi connectivity index (χ2n) is 2.87. The van der Waals surface area contributed by atoms with Crippen molar-refractivity contribution in [3.8, 4) is 5.75 Å². The van der Waals surface area contributed by atoms with Gasteiger partial charge in [-0.15, -0.1) is 0 Å². The lowest BCUT2D eigenvalue weighted by molar-refractivity contribution is 0.316. The second-order valence-corrected chi connectivity index (χ2v) is 2.87. The lowest BCUT2D eigenvalue weighted by atomic mass is 10.2. The molecule has 74 valence electrons. The first-order valence-corrected chi connectivity index (χ1v) is 4.35. The Morgan fingerprint density at radius 1 is 1.29 bits per heavy atom. The molecule has 4 heteroatoms. The van der Waals surface area contributed by atoms with Crippen LogP contribution in [-0.2, 0) is 0 Å². The van der Waals surface area contributed by atoms with Gasteiger partial charge < -0.3 is 21.0 Å². The third-order valence-corrected chi connectivity index (χ3v) is 1.74.